The molecule has 1 aromatic heterocycles. The first kappa shape index (κ1) is 15.0. The highest BCUT2D eigenvalue weighted by molar-refractivity contribution is 5.78. The summed E-state index contributed by atoms with van der Waals surface area (Å²) in [5.41, 5.74) is 10.9. The summed E-state index contributed by atoms with van der Waals surface area (Å²) < 4.78 is 2.31. The van der Waals surface area contributed by atoms with E-state index in [1.807, 2.05) is 0 Å². The van der Waals surface area contributed by atoms with E-state index in [9.17, 15) is 0 Å². The second-order valence-corrected chi connectivity index (χ2v) is 7.13. The van der Waals surface area contributed by atoms with Gasteiger partial charge in [-0.05, 0) is 56.9 Å². The molecule has 1 heterocycles. The number of fused-ring (bicyclic) bond motifs is 1. The average molecular weight is 273 g/mol. The van der Waals surface area contributed by atoms with Gasteiger partial charge >= 0.3 is 0 Å². The molecule has 0 aliphatic rings. The lowest BCUT2D eigenvalue weighted by Crippen LogP contribution is -2.37. The molecule has 0 aliphatic heterocycles. The van der Waals surface area contributed by atoms with Gasteiger partial charge < -0.3 is 10.3 Å². The van der Waals surface area contributed by atoms with Gasteiger partial charge in [-0.15, -0.1) is 0 Å². The molecule has 110 valence electrons. The Morgan fingerprint density at radius 2 is 1.80 bits per heavy atom. The number of nitrogens with zero attached hydrogens (tertiary/aromatic N) is 2. The summed E-state index contributed by atoms with van der Waals surface area (Å²) >= 11 is 0. The summed E-state index contributed by atoms with van der Waals surface area (Å²) in [5, 5.41) is 0. The number of benzene rings is 1. The zero-order valence-electron chi connectivity index (χ0n) is 13.6. The van der Waals surface area contributed by atoms with Crippen LogP contribution in [-0.2, 0) is 13.0 Å². The van der Waals surface area contributed by atoms with Crippen LogP contribution in [0.3, 0.4) is 0 Å². The molecule has 0 spiro atoms. The normalized spacial score (nSPS) is 12.6. The highest BCUT2D eigenvalue weighted by atomic mass is 15.1. The summed E-state index contributed by atoms with van der Waals surface area (Å²) in [4.78, 5) is 4.85. The molecule has 2 rings (SSSR count). The molecule has 0 amide bonds. The maximum atomic E-state index is 6.24. The van der Waals surface area contributed by atoms with Crippen molar-refractivity contribution < 1.29 is 0 Å². The van der Waals surface area contributed by atoms with E-state index in [1.165, 1.54) is 16.6 Å². The Kier molecular flexibility index (Phi) is 3.92. The maximum Gasteiger partial charge on any atom is 0.110 e. The summed E-state index contributed by atoms with van der Waals surface area (Å²) in [6, 6.07) is 4.43. The van der Waals surface area contributed by atoms with Crippen LogP contribution in [-0.4, -0.2) is 15.1 Å². The lowest BCUT2D eigenvalue weighted by Gasteiger charge is -2.22. The number of aryl methyl sites for hydroxylation is 2. The van der Waals surface area contributed by atoms with E-state index in [4.69, 9.17) is 10.7 Å². The van der Waals surface area contributed by atoms with Gasteiger partial charge in [-0.2, -0.15) is 0 Å². The standard InChI is InChI=1S/C17H27N3/c1-11(2)7-16-19-14-8-12(3)13(4)9-15(14)20(16)10-17(5,6)18/h8-9,11H,7,10,18H2,1-6H3. The largest absolute Gasteiger partial charge is 0.326 e. The summed E-state index contributed by atoms with van der Waals surface area (Å²) in [6.07, 6.45) is 0.989. The first-order valence-corrected chi connectivity index (χ1v) is 7.42. The van der Waals surface area contributed by atoms with Gasteiger partial charge in [0, 0.05) is 18.5 Å². The van der Waals surface area contributed by atoms with Crippen LogP contribution >= 0.6 is 0 Å². The molecule has 2 aromatic rings. The van der Waals surface area contributed by atoms with Gasteiger partial charge in [-0.1, -0.05) is 13.8 Å². The van der Waals surface area contributed by atoms with E-state index < -0.39 is 0 Å². The van der Waals surface area contributed by atoms with E-state index in [0.29, 0.717) is 5.92 Å². The minimum absolute atomic E-state index is 0.238. The fourth-order valence-corrected chi connectivity index (χ4v) is 2.53. The third kappa shape index (κ3) is 3.21. The van der Waals surface area contributed by atoms with Gasteiger partial charge in [0.05, 0.1) is 11.0 Å². The van der Waals surface area contributed by atoms with Crippen molar-refractivity contribution in [2.24, 2.45) is 11.7 Å². The van der Waals surface area contributed by atoms with Crippen molar-refractivity contribution in [1.82, 2.24) is 9.55 Å². The molecule has 0 radical (unpaired) electrons. The highest BCUT2D eigenvalue weighted by Gasteiger charge is 2.19. The molecule has 3 heteroatoms. The van der Waals surface area contributed by atoms with E-state index in [-0.39, 0.29) is 5.54 Å². The van der Waals surface area contributed by atoms with E-state index in [2.05, 4.69) is 58.2 Å². The Bertz CT molecular complexity index is 615. The van der Waals surface area contributed by atoms with Crippen molar-refractivity contribution in [3.8, 4) is 0 Å². The van der Waals surface area contributed by atoms with Crippen molar-refractivity contribution in [3.05, 3.63) is 29.1 Å². The van der Waals surface area contributed by atoms with Crippen molar-refractivity contribution in [2.75, 3.05) is 0 Å². The molecule has 2 N–H and O–H groups in total. The average Bonchev–Trinajstić information content (AvgIpc) is 2.55. The minimum Gasteiger partial charge on any atom is -0.326 e. The Balaban J connectivity index is 2.61. The maximum absolute atomic E-state index is 6.24. The first-order chi connectivity index (χ1) is 9.17. The van der Waals surface area contributed by atoms with Crippen molar-refractivity contribution in [3.63, 3.8) is 0 Å². The second-order valence-electron chi connectivity index (χ2n) is 7.13. The molecule has 0 saturated carbocycles. The van der Waals surface area contributed by atoms with Gasteiger partial charge in [0.1, 0.15) is 5.82 Å². The van der Waals surface area contributed by atoms with Gasteiger partial charge in [0.2, 0.25) is 0 Å². The quantitative estimate of drug-likeness (QED) is 0.925. The van der Waals surface area contributed by atoms with Crippen molar-refractivity contribution >= 4 is 11.0 Å². The van der Waals surface area contributed by atoms with Crippen LogP contribution in [0.25, 0.3) is 11.0 Å². The van der Waals surface area contributed by atoms with E-state index >= 15 is 0 Å². The molecule has 0 aliphatic carbocycles. The number of aromatic nitrogens is 2. The Hall–Kier alpha value is -1.35. The predicted molar refractivity (Wildman–Crippen MR) is 86.0 cm³/mol. The molecular formula is C17H27N3. The fraction of sp³-hybridized carbons (Fsp3) is 0.588. The number of rotatable bonds is 4. The number of imidazole rings is 1. The van der Waals surface area contributed by atoms with Crippen LogP contribution in [0.1, 0.15) is 44.6 Å². The van der Waals surface area contributed by atoms with Crippen LogP contribution in [0.15, 0.2) is 12.1 Å². The molecule has 0 fully saturated rings. The Morgan fingerprint density at radius 1 is 1.20 bits per heavy atom. The minimum atomic E-state index is -0.238. The van der Waals surface area contributed by atoms with Crippen molar-refractivity contribution in [2.45, 2.75) is 60.0 Å². The fourth-order valence-electron chi connectivity index (χ4n) is 2.53. The first-order valence-electron chi connectivity index (χ1n) is 7.42. The lowest BCUT2D eigenvalue weighted by atomic mass is 10.1. The number of hydrogen-bond donors (Lipinski definition) is 1. The topological polar surface area (TPSA) is 43.8 Å². The summed E-state index contributed by atoms with van der Waals surface area (Å²) in [6.45, 7) is 13.7. The lowest BCUT2D eigenvalue weighted by molar-refractivity contribution is 0.425. The Morgan fingerprint density at radius 3 is 2.35 bits per heavy atom. The molecule has 0 unspecified atom stereocenters. The summed E-state index contributed by atoms with van der Waals surface area (Å²) in [7, 11) is 0. The molecule has 1 aromatic carbocycles. The zero-order chi connectivity index (χ0) is 15.1. The summed E-state index contributed by atoms with van der Waals surface area (Å²) in [5.74, 6) is 1.74. The van der Waals surface area contributed by atoms with Crippen LogP contribution in [0.2, 0.25) is 0 Å². The SMILES string of the molecule is Cc1cc2nc(CC(C)C)n(CC(C)(C)N)c2cc1C. The van der Waals surface area contributed by atoms with E-state index in [0.717, 1.165) is 24.3 Å². The van der Waals surface area contributed by atoms with Crippen LogP contribution < -0.4 is 5.73 Å². The molecular weight excluding hydrogens is 246 g/mol. The van der Waals surface area contributed by atoms with Crippen LogP contribution in [0.5, 0.6) is 0 Å². The van der Waals surface area contributed by atoms with Gasteiger partial charge in [0.25, 0.3) is 0 Å². The smallest absolute Gasteiger partial charge is 0.110 e. The Labute approximate surface area is 122 Å². The van der Waals surface area contributed by atoms with Crippen molar-refractivity contribution in [1.29, 1.82) is 0 Å². The predicted octanol–water partition coefficient (Wildman–Crippen LogP) is 3.59. The number of hydrogen-bond acceptors (Lipinski definition) is 2. The molecule has 0 bridgehead atoms. The highest BCUT2D eigenvalue weighted by Crippen LogP contribution is 2.23. The molecule has 0 saturated heterocycles. The molecule has 0 atom stereocenters. The monoisotopic (exact) mass is 273 g/mol. The zero-order valence-corrected chi connectivity index (χ0v) is 13.6. The van der Waals surface area contributed by atoms with Gasteiger partial charge in [-0.3, -0.25) is 0 Å². The van der Waals surface area contributed by atoms with Gasteiger partial charge in [0.15, 0.2) is 0 Å². The van der Waals surface area contributed by atoms with Crippen LogP contribution in [0, 0.1) is 19.8 Å². The third-order valence-electron chi connectivity index (χ3n) is 3.60. The van der Waals surface area contributed by atoms with Gasteiger partial charge in [-0.25, -0.2) is 4.98 Å². The van der Waals surface area contributed by atoms with Crippen LogP contribution in [0.4, 0.5) is 0 Å². The molecule has 3 nitrogen and oxygen atoms in total. The van der Waals surface area contributed by atoms with E-state index in [1.54, 1.807) is 0 Å². The third-order valence-corrected chi connectivity index (χ3v) is 3.60. The number of nitrogens with two attached hydrogens (primary N) is 1. The second kappa shape index (κ2) is 5.21. The molecule has 20 heavy (non-hydrogen) atoms.